The van der Waals surface area contributed by atoms with E-state index in [4.69, 9.17) is 9.47 Å². The van der Waals surface area contributed by atoms with Crippen molar-refractivity contribution in [3.8, 4) is 11.5 Å². The molecule has 1 amide bonds. The van der Waals surface area contributed by atoms with Crippen molar-refractivity contribution in [3.05, 3.63) is 40.8 Å². The summed E-state index contributed by atoms with van der Waals surface area (Å²) in [5.41, 5.74) is 0.835. The zero-order valence-corrected chi connectivity index (χ0v) is 15.4. The van der Waals surface area contributed by atoms with E-state index in [0.717, 1.165) is 21.8 Å². The molecule has 0 saturated carbocycles. The fourth-order valence-electron chi connectivity index (χ4n) is 2.29. The number of carbonyl (C=O) groups is 1. The van der Waals surface area contributed by atoms with Gasteiger partial charge in [0.05, 0.1) is 6.04 Å². The van der Waals surface area contributed by atoms with Crippen LogP contribution in [0.2, 0.25) is 0 Å². The molecule has 0 saturated heterocycles. The van der Waals surface area contributed by atoms with Crippen molar-refractivity contribution in [1.82, 2.24) is 10.0 Å². The quantitative estimate of drug-likeness (QED) is 0.794. The molecular weight excluding hydrogens is 364 g/mol. The van der Waals surface area contributed by atoms with Crippen molar-refractivity contribution >= 4 is 27.3 Å². The summed E-state index contributed by atoms with van der Waals surface area (Å²) in [6.45, 7) is 3.78. The lowest BCUT2D eigenvalue weighted by atomic mass is 10.2. The molecule has 1 aliphatic rings. The van der Waals surface area contributed by atoms with E-state index in [1.54, 1.807) is 18.2 Å². The number of fused-ring (bicyclic) bond motifs is 1. The van der Waals surface area contributed by atoms with Crippen LogP contribution in [0.4, 0.5) is 0 Å². The molecule has 0 aliphatic carbocycles. The molecule has 2 aromatic rings. The number of nitrogens with one attached hydrogen (secondary N) is 2. The van der Waals surface area contributed by atoms with E-state index in [9.17, 15) is 13.2 Å². The second-order valence-corrected chi connectivity index (χ2v) is 8.84. The molecule has 9 heteroatoms. The van der Waals surface area contributed by atoms with Crippen LogP contribution in [0, 0.1) is 6.92 Å². The molecule has 2 heterocycles. The lowest BCUT2D eigenvalue weighted by Gasteiger charge is -2.14. The molecule has 25 heavy (non-hydrogen) atoms. The molecule has 0 fully saturated rings. The molecule has 2 N–H and O–H groups in total. The van der Waals surface area contributed by atoms with Crippen molar-refractivity contribution in [3.63, 3.8) is 0 Å². The van der Waals surface area contributed by atoms with Crippen LogP contribution in [0.3, 0.4) is 0 Å². The number of carbonyl (C=O) groups excluding carboxylic acids is 1. The highest BCUT2D eigenvalue weighted by molar-refractivity contribution is 7.91. The first-order chi connectivity index (χ1) is 11.8. The van der Waals surface area contributed by atoms with Crippen LogP contribution >= 0.6 is 11.3 Å². The third kappa shape index (κ3) is 4.12. The highest BCUT2D eigenvalue weighted by Crippen LogP contribution is 2.32. The largest absolute Gasteiger partial charge is 0.454 e. The minimum absolute atomic E-state index is 0.187. The van der Waals surface area contributed by atoms with Crippen molar-refractivity contribution < 1.29 is 22.7 Å². The van der Waals surface area contributed by atoms with E-state index in [2.05, 4.69) is 10.0 Å². The maximum Gasteiger partial charge on any atom is 0.250 e. The number of amides is 1. The van der Waals surface area contributed by atoms with E-state index in [-0.39, 0.29) is 17.5 Å². The van der Waals surface area contributed by atoms with Crippen LogP contribution in [0.5, 0.6) is 11.5 Å². The molecule has 1 aromatic carbocycles. The summed E-state index contributed by atoms with van der Waals surface area (Å²) in [7, 11) is -3.70. The van der Waals surface area contributed by atoms with Gasteiger partial charge >= 0.3 is 0 Å². The molecule has 0 unspecified atom stereocenters. The van der Waals surface area contributed by atoms with Crippen LogP contribution in [-0.4, -0.2) is 27.2 Å². The number of aryl methyl sites for hydroxylation is 1. The molecular formula is C16H18N2O5S2. The Morgan fingerprint density at radius 1 is 1.24 bits per heavy atom. The summed E-state index contributed by atoms with van der Waals surface area (Å²) >= 11 is 1.16. The van der Waals surface area contributed by atoms with Gasteiger partial charge in [0.15, 0.2) is 11.5 Å². The van der Waals surface area contributed by atoms with Gasteiger partial charge in [-0.15, -0.1) is 11.3 Å². The summed E-state index contributed by atoms with van der Waals surface area (Å²) in [6.07, 6.45) is 0. The van der Waals surface area contributed by atoms with Gasteiger partial charge < -0.3 is 14.8 Å². The molecule has 1 atom stereocenters. The average Bonchev–Trinajstić information content (AvgIpc) is 3.20. The van der Waals surface area contributed by atoms with Crippen molar-refractivity contribution in [2.24, 2.45) is 0 Å². The Morgan fingerprint density at radius 2 is 2.00 bits per heavy atom. The van der Waals surface area contributed by atoms with Crippen molar-refractivity contribution in [2.45, 2.75) is 30.6 Å². The van der Waals surface area contributed by atoms with E-state index in [0.29, 0.717) is 11.5 Å². The van der Waals surface area contributed by atoms with Gasteiger partial charge in [0.25, 0.3) is 10.0 Å². The summed E-state index contributed by atoms with van der Waals surface area (Å²) in [4.78, 5) is 13.1. The number of rotatable bonds is 6. The highest BCUT2D eigenvalue weighted by atomic mass is 32.2. The summed E-state index contributed by atoms with van der Waals surface area (Å²) in [5, 5.41) is 2.71. The number of hydrogen-bond acceptors (Lipinski definition) is 6. The monoisotopic (exact) mass is 382 g/mol. The maximum absolute atomic E-state index is 12.3. The van der Waals surface area contributed by atoms with Gasteiger partial charge in [-0.25, -0.2) is 8.42 Å². The second-order valence-electron chi connectivity index (χ2n) is 5.61. The van der Waals surface area contributed by atoms with Crippen LogP contribution in [0.25, 0.3) is 0 Å². The normalized spacial score (nSPS) is 14.3. The lowest BCUT2D eigenvalue weighted by Crippen LogP contribution is -2.44. The lowest BCUT2D eigenvalue weighted by molar-refractivity contribution is -0.122. The topological polar surface area (TPSA) is 93.7 Å². The molecule has 0 bridgehead atoms. The predicted molar refractivity (Wildman–Crippen MR) is 93.3 cm³/mol. The molecule has 1 aromatic heterocycles. The number of thiophene rings is 1. The summed E-state index contributed by atoms with van der Waals surface area (Å²) in [6, 6.07) is 7.74. The first-order valence-corrected chi connectivity index (χ1v) is 9.90. The molecule has 1 aliphatic heterocycles. The number of benzene rings is 1. The zero-order chi connectivity index (χ0) is 18.0. The minimum Gasteiger partial charge on any atom is -0.454 e. The third-order valence-corrected chi connectivity index (χ3v) is 6.64. The smallest absolute Gasteiger partial charge is 0.250 e. The van der Waals surface area contributed by atoms with Gasteiger partial charge in [0.1, 0.15) is 4.21 Å². The molecule has 0 spiro atoms. The van der Waals surface area contributed by atoms with Gasteiger partial charge in [-0.05, 0) is 43.7 Å². The standard InChI is InChI=1S/C16H18N2O5S2/c1-10-3-6-15(24-10)25(20,21)18-11(2)16(19)17-8-12-4-5-13-14(7-12)23-9-22-13/h3-7,11,18H,8-9H2,1-2H3,(H,17,19)/t11-/m0/s1. The maximum atomic E-state index is 12.3. The fourth-order valence-corrected chi connectivity index (χ4v) is 4.80. The molecule has 7 nitrogen and oxygen atoms in total. The SMILES string of the molecule is Cc1ccc(S(=O)(=O)N[C@@H](C)C(=O)NCc2ccc3c(c2)OCO3)s1. The van der Waals surface area contributed by atoms with Gasteiger partial charge in [0, 0.05) is 11.4 Å². The van der Waals surface area contributed by atoms with Crippen molar-refractivity contribution in [2.75, 3.05) is 6.79 Å². The van der Waals surface area contributed by atoms with Gasteiger partial charge in [-0.2, -0.15) is 4.72 Å². The molecule has 0 radical (unpaired) electrons. The Morgan fingerprint density at radius 3 is 2.72 bits per heavy atom. The second kappa shape index (κ2) is 7.03. The average molecular weight is 382 g/mol. The van der Waals surface area contributed by atoms with Crippen molar-refractivity contribution in [1.29, 1.82) is 0 Å². The van der Waals surface area contributed by atoms with E-state index in [1.165, 1.54) is 13.0 Å². The van der Waals surface area contributed by atoms with E-state index < -0.39 is 22.0 Å². The van der Waals surface area contributed by atoms with Gasteiger partial charge in [0.2, 0.25) is 12.7 Å². The Hall–Kier alpha value is -2.10. The fraction of sp³-hybridized carbons (Fsp3) is 0.312. The van der Waals surface area contributed by atoms with Crippen LogP contribution in [-0.2, 0) is 21.4 Å². The Balaban J connectivity index is 1.57. The predicted octanol–water partition coefficient (Wildman–Crippen LogP) is 1.77. The number of ether oxygens (including phenoxy) is 2. The van der Waals surface area contributed by atoms with E-state index in [1.807, 2.05) is 13.0 Å². The number of hydrogen-bond donors (Lipinski definition) is 2. The van der Waals surface area contributed by atoms with Gasteiger partial charge in [-0.3, -0.25) is 4.79 Å². The Labute approximate surface area is 150 Å². The first-order valence-electron chi connectivity index (χ1n) is 7.60. The minimum atomic E-state index is -3.70. The van der Waals surface area contributed by atoms with Gasteiger partial charge in [-0.1, -0.05) is 6.07 Å². The Kier molecular flexibility index (Phi) is 4.98. The third-order valence-electron chi connectivity index (χ3n) is 3.61. The number of sulfonamides is 1. The van der Waals surface area contributed by atoms with Crippen LogP contribution in [0.1, 0.15) is 17.4 Å². The molecule has 3 rings (SSSR count). The Bertz CT molecular complexity index is 892. The zero-order valence-electron chi connectivity index (χ0n) is 13.7. The van der Waals surface area contributed by atoms with Crippen LogP contribution < -0.4 is 19.5 Å². The van der Waals surface area contributed by atoms with E-state index >= 15 is 0 Å². The van der Waals surface area contributed by atoms with Crippen LogP contribution in [0.15, 0.2) is 34.5 Å². The first kappa shape index (κ1) is 17.7. The summed E-state index contributed by atoms with van der Waals surface area (Å²) in [5.74, 6) is 0.894. The molecule has 134 valence electrons. The summed E-state index contributed by atoms with van der Waals surface area (Å²) < 4.78 is 37.6. The highest BCUT2D eigenvalue weighted by Gasteiger charge is 2.23.